The lowest BCUT2D eigenvalue weighted by Gasteiger charge is -2.36. The van der Waals surface area contributed by atoms with E-state index in [0.29, 0.717) is 6.42 Å². The van der Waals surface area contributed by atoms with Gasteiger partial charge in [-0.25, -0.2) is 4.98 Å². The first kappa shape index (κ1) is 15.7. The van der Waals surface area contributed by atoms with Gasteiger partial charge in [-0.2, -0.15) is 0 Å². The number of imidazole rings is 1. The second-order valence-corrected chi connectivity index (χ2v) is 6.22. The molecule has 2 heterocycles. The predicted molar refractivity (Wildman–Crippen MR) is 90.0 cm³/mol. The Hall–Kier alpha value is -2.14. The van der Waals surface area contributed by atoms with Crippen LogP contribution < -0.4 is 5.32 Å². The van der Waals surface area contributed by atoms with Gasteiger partial charge >= 0.3 is 0 Å². The molecule has 0 bridgehead atoms. The van der Waals surface area contributed by atoms with Crippen LogP contribution in [-0.2, 0) is 11.8 Å². The summed E-state index contributed by atoms with van der Waals surface area (Å²) in [6.45, 7) is 4.45. The number of benzene rings is 1. The van der Waals surface area contributed by atoms with Crippen molar-refractivity contribution in [1.29, 1.82) is 0 Å². The van der Waals surface area contributed by atoms with E-state index in [-0.39, 0.29) is 17.9 Å². The molecule has 0 aliphatic carbocycles. The summed E-state index contributed by atoms with van der Waals surface area (Å²) < 4.78 is 2.00. The van der Waals surface area contributed by atoms with Crippen LogP contribution in [-0.4, -0.2) is 40.0 Å². The molecule has 1 aliphatic heterocycles. The van der Waals surface area contributed by atoms with E-state index in [4.69, 9.17) is 0 Å². The second kappa shape index (κ2) is 6.96. The molecule has 1 aliphatic rings. The van der Waals surface area contributed by atoms with E-state index < -0.39 is 0 Å². The van der Waals surface area contributed by atoms with Crippen LogP contribution in [0.1, 0.15) is 36.7 Å². The minimum atomic E-state index is 0.0132. The molecule has 0 radical (unpaired) electrons. The van der Waals surface area contributed by atoms with E-state index >= 15 is 0 Å². The second-order valence-electron chi connectivity index (χ2n) is 6.22. The zero-order chi connectivity index (χ0) is 16.2. The number of carbonyl (C=O) groups is 1. The van der Waals surface area contributed by atoms with E-state index in [2.05, 4.69) is 29.4 Å². The molecule has 5 heteroatoms. The Labute approximate surface area is 137 Å². The van der Waals surface area contributed by atoms with Crippen molar-refractivity contribution in [1.82, 2.24) is 19.8 Å². The molecule has 2 atom stereocenters. The number of nitrogens with one attached hydrogen (secondary N) is 1. The van der Waals surface area contributed by atoms with E-state index in [1.54, 1.807) is 6.20 Å². The molecule has 0 saturated carbocycles. The van der Waals surface area contributed by atoms with Crippen LogP contribution in [0, 0.1) is 0 Å². The van der Waals surface area contributed by atoms with Crippen LogP contribution in [0.5, 0.6) is 0 Å². The lowest BCUT2D eigenvalue weighted by molar-refractivity contribution is -0.135. The van der Waals surface area contributed by atoms with Crippen molar-refractivity contribution in [2.75, 3.05) is 19.6 Å². The lowest BCUT2D eigenvalue weighted by Crippen LogP contribution is -2.49. The Kier molecular flexibility index (Phi) is 4.76. The molecule has 2 unspecified atom stereocenters. The molecular weight excluding hydrogens is 288 g/mol. The van der Waals surface area contributed by atoms with Gasteiger partial charge in [-0.05, 0) is 11.5 Å². The summed E-state index contributed by atoms with van der Waals surface area (Å²) in [4.78, 5) is 19.3. The summed E-state index contributed by atoms with van der Waals surface area (Å²) in [6, 6.07) is 10.2. The van der Waals surface area contributed by atoms with E-state index in [1.807, 2.05) is 40.9 Å². The summed E-state index contributed by atoms with van der Waals surface area (Å²) in [5, 5.41) is 3.37. The van der Waals surface area contributed by atoms with Crippen molar-refractivity contribution in [2.45, 2.75) is 25.3 Å². The van der Waals surface area contributed by atoms with Gasteiger partial charge in [0.15, 0.2) is 0 Å². The fourth-order valence-corrected chi connectivity index (χ4v) is 3.21. The van der Waals surface area contributed by atoms with Crippen molar-refractivity contribution >= 4 is 5.91 Å². The van der Waals surface area contributed by atoms with Gasteiger partial charge in [0.25, 0.3) is 0 Å². The Morgan fingerprint density at radius 2 is 2.17 bits per heavy atom. The topological polar surface area (TPSA) is 50.2 Å². The minimum absolute atomic E-state index is 0.0132. The van der Waals surface area contributed by atoms with Crippen LogP contribution in [0.4, 0.5) is 0 Å². The fourth-order valence-electron chi connectivity index (χ4n) is 3.21. The molecule has 2 aromatic rings. The minimum Gasteiger partial charge on any atom is -0.336 e. The number of hydrogen-bond donors (Lipinski definition) is 1. The molecule has 5 nitrogen and oxygen atoms in total. The normalized spacial score (nSPS) is 19.6. The van der Waals surface area contributed by atoms with Crippen molar-refractivity contribution in [3.8, 4) is 0 Å². The average Bonchev–Trinajstić information content (AvgIpc) is 3.01. The molecule has 1 aromatic carbocycles. The van der Waals surface area contributed by atoms with Gasteiger partial charge < -0.3 is 14.8 Å². The van der Waals surface area contributed by atoms with Gasteiger partial charge in [0, 0.05) is 45.5 Å². The number of nitrogens with zero attached hydrogens (tertiary/aromatic N) is 3. The smallest absolute Gasteiger partial charge is 0.223 e. The Morgan fingerprint density at radius 1 is 1.39 bits per heavy atom. The predicted octanol–water partition coefficient (Wildman–Crippen LogP) is 2.09. The first-order chi connectivity index (χ1) is 11.2. The highest BCUT2D eigenvalue weighted by molar-refractivity contribution is 5.77. The molecule has 1 saturated heterocycles. The third kappa shape index (κ3) is 3.45. The van der Waals surface area contributed by atoms with Gasteiger partial charge in [0.2, 0.25) is 5.91 Å². The fraction of sp³-hybridized carbons (Fsp3) is 0.444. The van der Waals surface area contributed by atoms with E-state index in [0.717, 1.165) is 25.5 Å². The van der Waals surface area contributed by atoms with Gasteiger partial charge in [-0.1, -0.05) is 37.3 Å². The van der Waals surface area contributed by atoms with Crippen molar-refractivity contribution in [3.63, 3.8) is 0 Å². The van der Waals surface area contributed by atoms with Crippen molar-refractivity contribution in [2.24, 2.45) is 7.05 Å². The molecule has 23 heavy (non-hydrogen) atoms. The van der Waals surface area contributed by atoms with Crippen LogP contribution in [0.2, 0.25) is 0 Å². The van der Waals surface area contributed by atoms with Gasteiger partial charge in [-0.15, -0.1) is 0 Å². The third-order valence-electron chi connectivity index (χ3n) is 4.57. The van der Waals surface area contributed by atoms with Crippen LogP contribution in [0.3, 0.4) is 0 Å². The summed E-state index contributed by atoms with van der Waals surface area (Å²) in [5.74, 6) is 1.37. The standard InChI is InChI=1S/C18H24N4O/c1-14(15-6-4-3-5-7-15)12-17(23)22-11-8-19-13-16(22)18-20-9-10-21(18)2/h3-7,9-10,14,16,19H,8,11-13H2,1-2H3. The monoisotopic (exact) mass is 312 g/mol. The number of amides is 1. The highest BCUT2D eigenvalue weighted by Crippen LogP contribution is 2.25. The first-order valence-electron chi connectivity index (χ1n) is 8.19. The van der Waals surface area contributed by atoms with Gasteiger partial charge in [0.1, 0.15) is 11.9 Å². The molecule has 1 amide bonds. The molecule has 0 spiro atoms. The summed E-state index contributed by atoms with van der Waals surface area (Å²) in [6.07, 6.45) is 4.25. The van der Waals surface area contributed by atoms with Crippen molar-refractivity contribution in [3.05, 3.63) is 54.1 Å². The zero-order valence-corrected chi connectivity index (χ0v) is 13.8. The Balaban J connectivity index is 1.73. The molecular formula is C18H24N4O. The lowest BCUT2D eigenvalue weighted by atomic mass is 9.96. The Morgan fingerprint density at radius 3 is 2.87 bits per heavy atom. The van der Waals surface area contributed by atoms with E-state index in [1.165, 1.54) is 5.56 Å². The third-order valence-corrected chi connectivity index (χ3v) is 4.57. The number of hydrogen-bond acceptors (Lipinski definition) is 3. The summed E-state index contributed by atoms with van der Waals surface area (Å²) in [7, 11) is 1.98. The maximum atomic E-state index is 12.9. The van der Waals surface area contributed by atoms with Crippen molar-refractivity contribution < 1.29 is 4.79 Å². The molecule has 122 valence electrons. The average molecular weight is 312 g/mol. The maximum Gasteiger partial charge on any atom is 0.223 e. The number of carbonyl (C=O) groups excluding carboxylic acids is 1. The summed E-state index contributed by atoms with van der Waals surface area (Å²) >= 11 is 0. The van der Waals surface area contributed by atoms with Crippen LogP contribution >= 0.6 is 0 Å². The largest absolute Gasteiger partial charge is 0.336 e. The number of piperazine rings is 1. The van der Waals surface area contributed by atoms with E-state index in [9.17, 15) is 4.79 Å². The molecule has 3 rings (SSSR count). The quantitative estimate of drug-likeness (QED) is 0.940. The molecule has 1 fully saturated rings. The number of rotatable bonds is 4. The molecule has 1 aromatic heterocycles. The number of aromatic nitrogens is 2. The van der Waals surface area contributed by atoms with Crippen LogP contribution in [0.25, 0.3) is 0 Å². The van der Waals surface area contributed by atoms with Gasteiger partial charge in [0.05, 0.1) is 0 Å². The zero-order valence-electron chi connectivity index (χ0n) is 13.8. The SMILES string of the molecule is CC(CC(=O)N1CCNCC1c1nccn1C)c1ccccc1. The van der Waals surface area contributed by atoms with Crippen LogP contribution in [0.15, 0.2) is 42.7 Å². The molecule has 1 N–H and O–H groups in total. The first-order valence-corrected chi connectivity index (χ1v) is 8.19. The summed E-state index contributed by atoms with van der Waals surface area (Å²) in [5.41, 5.74) is 1.21. The highest BCUT2D eigenvalue weighted by atomic mass is 16.2. The highest BCUT2D eigenvalue weighted by Gasteiger charge is 2.30. The number of aryl methyl sites for hydroxylation is 1. The Bertz CT molecular complexity index is 652. The maximum absolute atomic E-state index is 12.9. The van der Waals surface area contributed by atoms with Gasteiger partial charge in [-0.3, -0.25) is 4.79 Å².